The lowest BCUT2D eigenvalue weighted by atomic mass is 9.82. The molecule has 16 N–H and O–H groups in total. The van der Waals surface area contributed by atoms with E-state index < -0.39 is 65.4 Å². The zero-order valence-corrected chi connectivity index (χ0v) is 81.5. The summed E-state index contributed by atoms with van der Waals surface area (Å²) in [6.45, 7) is 8.19. The lowest BCUT2D eigenvalue weighted by molar-refractivity contribution is -0.142. The molecule has 37 heteroatoms. The zero-order valence-electron chi connectivity index (χ0n) is 81.5. The standard InChI is InChI=1S/C97H173N9O28/c1-75(107)76(39-33-35-53-103-93(121)81(98)44-26-22-24-41-79(109)71-132-66-64-130-60-56-102-90(116)74-134-68-62-128-58-38-43-78(108)51-52-84(96(125)126)106-88(114)48-30-17-13-9-5-7-11-15-19-32-50-92(119)120)69-85(111)77(70-86(112)97(2,3)100)40-34-36-54-104-94(122)82(99)45-27-23-25-42-80(110)72-131-65-63-129-59-55-101-89(115)73-133-67-61-127-57-37-21-20-28-46-83(95(123)124)105-87(113)47-29-16-12-8-4-6-10-14-18-31-49-91(117)118/h76-77,81-84H,4-74,98-100H2,1-3H3,(H,101,115)(H,102,116)(H,103,121)(H,104,122)(H,105,113)(H,106,114)(H,117,118)(H,119,120)(H,123,124)(H,125,126)/t76-,77-,81+,82+,83+,84+/m1/s1. The number of ether oxygens (including phenoxy) is 8. The highest BCUT2D eigenvalue weighted by Gasteiger charge is 2.31. The molecule has 0 aromatic heterocycles. The smallest absolute Gasteiger partial charge is 0.326 e. The average Bonchev–Trinajstić information content (AvgIpc) is 0.866. The van der Waals surface area contributed by atoms with Gasteiger partial charge in [-0.25, -0.2) is 9.59 Å². The van der Waals surface area contributed by atoms with Gasteiger partial charge in [0, 0.05) is 115 Å². The van der Waals surface area contributed by atoms with Crippen LogP contribution in [0.15, 0.2) is 0 Å². The van der Waals surface area contributed by atoms with Gasteiger partial charge in [0.05, 0.1) is 83.7 Å². The predicted molar refractivity (Wildman–Crippen MR) is 505 cm³/mol. The second-order valence-electron chi connectivity index (χ2n) is 35.6. The summed E-state index contributed by atoms with van der Waals surface area (Å²) < 4.78 is 43.7. The summed E-state index contributed by atoms with van der Waals surface area (Å²) in [6.07, 6.45) is 32.4. The van der Waals surface area contributed by atoms with E-state index in [2.05, 4.69) is 31.9 Å². The van der Waals surface area contributed by atoms with Gasteiger partial charge in [-0.1, -0.05) is 161 Å². The number of rotatable bonds is 101. The molecule has 0 aromatic carbocycles. The van der Waals surface area contributed by atoms with Crippen LogP contribution in [0.2, 0.25) is 0 Å². The van der Waals surface area contributed by atoms with E-state index in [0.29, 0.717) is 168 Å². The second-order valence-corrected chi connectivity index (χ2v) is 35.6. The molecule has 134 heavy (non-hydrogen) atoms. The van der Waals surface area contributed by atoms with Crippen molar-refractivity contribution in [1.29, 1.82) is 0 Å². The third-order valence-corrected chi connectivity index (χ3v) is 22.8. The Hall–Kier alpha value is -7.72. The largest absolute Gasteiger partial charge is 0.481 e. The van der Waals surface area contributed by atoms with Gasteiger partial charge in [-0.05, 0) is 124 Å². The van der Waals surface area contributed by atoms with E-state index in [4.69, 9.17) is 65.3 Å². The SMILES string of the molecule is CC(=O)[C@H](CCCCNC(=O)[C@@H](N)CCCCCC(=O)COCCOCCNC(=O)COCCOCCCC(=O)CC[C@H](NC(=O)CCCCCCCCCCCCC(=O)O)C(=O)O)CC(=O)[C@H](CCCCNC(=O)[C@@H](N)CCCCCC(=O)COCCOCCNC(=O)COCCOCCCCCC[C@H](NC(=O)CCCCCCCCCCCCC(=O)O)C(=O)O)CC(=O)C(C)(C)N. The first-order valence-corrected chi connectivity index (χ1v) is 49.9. The van der Waals surface area contributed by atoms with Gasteiger partial charge in [0.25, 0.3) is 0 Å². The molecule has 774 valence electrons. The maximum atomic E-state index is 13.8. The zero-order chi connectivity index (χ0) is 99.3. The minimum Gasteiger partial charge on any atom is -0.481 e. The minimum atomic E-state index is -1.19. The van der Waals surface area contributed by atoms with Crippen LogP contribution in [-0.2, 0) is 115 Å². The number of unbranched alkanes of at least 4 members (excludes halogenated alkanes) is 27. The number of hydrogen-bond acceptors (Lipinski definition) is 27. The monoisotopic (exact) mass is 1910 g/mol. The first-order valence-electron chi connectivity index (χ1n) is 49.9. The fourth-order valence-electron chi connectivity index (χ4n) is 14.5. The number of carboxylic acid groups (broad SMARTS) is 4. The Bertz CT molecular complexity index is 3220. The summed E-state index contributed by atoms with van der Waals surface area (Å²) in [5.41, 5.74) is 17.3. The van der Waals surface area contributed by atoms with Crippen molar-refractivity contribution < 1.29 is 135 Å². The molecule has 0 unspecified atom stereocenters. The number of ketones is 6. The number of Topliss-reactive ketones (excluding diaryl/α,β-unsaturated/α-hetero) is 6. The Kier molecular flexibility index (Phi) is 81.8. The molecule has 0 aliphatic heterocycles. The number of carboxylic acids is 4. The van der Waals surface area contributed by atoms with Crippen molar-refractivity contribution in [3.63, 3.8) is 0 Å². The van der Waals surface area contributed by atoms with Gasteiger partial charge in [-0.3, -0.25) is 67.1 Å². The number of aliphatic carboxylic acids is 4. The fourth-order valence-corrected chi connectivity index (χ4v) is 14.5. The highest BCUT2D eigenvalue weighted by molar-refractivity contribution is 5.94. The molecule has 0 aliphatic rings. The highest BCUT2D eigenvalue weighted by atomic mass is 16.5. The van der Waals surface area contributed by atoms with E-state index in [1.54, 1.807) is 13.8 Å². The van der Waals surface area contributed by atoms with Crippen LogP contribution in [-0.4, -0.2) is 276 Å². The van der Waals surface area contributed by atoms with E-state index in [1.807, 2.05) is 0 Å². The van der Waals surface area contributed by atoms with Gasteiger partial charge >= 0.3 is 23.9 Å². The van der Waals surface area contributed by atoms with Crippen LogP contribution in [0.4, 0.5) is 0 Å². The molecule has 0 fully saturated rings. The average molecular weight is 1910 g/mol. The Morgan fingerprint density at radius 1 is 0.284 bits per heavy atom. The van der Waals surface area contributed by atoms with Gasteiger partial charge in [0.2, 0.25) is 35.4 Å². The quantitative estimate of drug-likeness (QED) is 0.0252. The van der Waals surface area contributed by atoms with Crippen LogP contribution in [0.5, 0.6) is 0 Å². The van der Waals surface area contributed by atoms with E-state index >= 15 is 0 Å². The molecule has 0 spiro atoms. The van der Waals surface area contributed by atoms with Crippen molar-refractivity contribution in [1.82, 2.24) is 31.9 Å². The summed E-state index contributed by atoms with van der Waals surface area (Å²) in [4.78, 5) is 196. The molecular weight excluding hydrogens is 1740 g/mol. The summed E-state index contributed by atoms with van der Waals surface area (Å²) in [6, 6.07) is -3.55. The van der Waals surface area contributed by atoms with Crippen molar-refractivity contribution in [2.45, 2.75) is 378 Å². The summed E-state index contributed by atoms with van der Waals surface area (Å²) in [5.74, 6) is -7.79. The van der Waals surface area contributed by atoms with Crippen molar-refractivity contribution in [2.24, 2.45) is 29.0 Å². The molecule has 0 saturated heterocycles. The molecule has 0 heterocycles. The third-order valence-electron chi connectivity index (χ3n) is 22.8. The molecule has 0 radical (unpaired) electrons. The first kappa shape index (κ1) is 126. The van der Waals surface area contributed by atoms with Crippen molar-refractivity contribution in [3.8, 4) is 0 Å². The van der Waals surface area contributed by atoms with Gasteiger partial charge < -0.3 is 107 Å². The number of hydrogen-bond donors (Lipinski definition) is 13. The van der Waals surface area contributed by atoms with Crippen LogP contribution < -0.4 is 49.1 Å². The van der Waals surface area contributed by atoms with Crippen molar-refractivity contribution in [2.75, 3.05) is 132 Å². The number of carbonyl (C=O) groups excluding carboxylic acids is 12. The van der Waals surface area contributed by atoms with Crippen LogP contribution in [0.1, 0.15) is 348 Å². The number of nitrogens with one attached hydrogen (secondary N) is 6. The predicted octanol–water partition coefficient (Wildman–Crippen LogP) is 9.85. The Morgan fingerprint density at radius 2 is 0.604 bits per heavy atom. The normalized spacial score (nSPS) is 12.8. The van der Waals surface area contributed by atoms with E-state index in [1.165, 1.54) is 6.92 Å². The lowest BCUT2D eigenvalue weighted by Gasteiger charge is -2.23. The molecule has 6 atom stereocenters. The summed E-state index contributed by atoms with van der Waals surface area (Å²) >= 11 is 0. The van der Waals surface area contributed by atoms with Gasteiger partial charge in [-0.2, -0.15) is 0 Å². The molecule has 0 saturated carbocycles. The van der Waals surface area contributed by atoms with E-state index in [9.17, 15) is 86.9 Å². The van der Waals surface area contributed by atoms with Crippen LogP contribution >= 0.6 is 0 Å². The molecular formula is C97H173N9O28. The van der Waals surface area contributed by atoms with E-state index in [-0.39, 0.29) is 227 Å². The first-order chi connectivity index (χ1) is 64.3. The fraction of sp³-hybridized carbons (Fsp3) is 0.835. The highest BCUT2D eigenvalue weighted by Crippen LogP contribution is 2.25. The van der Waals surface area contributed by atoms with Crippen LogP contribution in [0.3, 0.4) is 0 Å². The minimum absolute atomic E-state index is 0.00321. The van der Waals surface area contributed by atoms with Gasteiger partial charge in [-0.15, -0.1) is 0 Å². The Morgan fingerprint density at radius 3 is 1.01 bits per heavy atom. The van der Waals surface area contributed by atoms with Crippen LogP contribution in [0, 0.1) is 11.8 Å². The molecule has 0 rings (SSSR count). The molecule has 0 aliphatic carbocycles. The van der Waals surface area contributed by atoms with E-state index in [0.717, 1.165) is 135 Å². The van der Waals surface area contributed by atoms with Gasteiger partial charge in [0.1, 0.15) is 55.9 Å². The van der Waals surface area contributed by atoms with Crippen molar-refractivity contribution >= 4 is 94.0 Å². The third kappa shape index (κ3) is 81.5. The number of amides is 6. The lowest BCUT2D eigenvalue weighted by Crippen LogP contribution is -2.43. The van der Waals surface area contributed by atoms with Crippen molar-refractivity contribution in [3.05, 3.63) is 0 Å². The Balaban J connectivity index is 4.12. The summed E-state index contributed by atoms with van der Waals surface area (Å²) in [7, 11) is 0. The van der Waals surface area contributed by atoms with Crippen LogP contribution in [0.25, 0.3) is 0 Å². The molecule has 0 bridgehead atoms. The number of carbonyl (C=O) groups is 16. The molecule has 6 amide bonds. The van der Waals surface area contributed by atoms with Gasteiger partial charge in [0.15, 0.2) is 17.3 Å². The second kappa shape index (κ2) is 86.8. The summed E-state index contributed by atoms with van der Waals surface area (Å²) in [5, 5.41) is 52.9. The molecule has 37 nitrogen and oxygen atoms in total. The molecule has 0 aromatic rings. The maximum absolute atomic E-state index is 13.8. The number of nitrogens with two attached hydrogens (primary N) is 3. The Labute approximate surface area is 796 Å². The topological polar surface area (TPSA) is 578 Å². The maximum Gasteiger partial charge on any atom is 0.326 e.